The number of carboxylic acid groups (broad SMARTS) is 1. The molecule has 0 saturated carbocycles. The molecule has 1 rings (SSSR count). The highest BCUT2D eigenvalue weighted by Crippen LogP contribution is 2.26. The van der Waals surface area contributed by atoms with Crippen molar-refractivity contribution in [2.75, 3.05) is 19.8 Å². The monoisotopic (exact) mass is 227 g/mol. The zero-order valence-electron chi connectivity index (χ0n) is 7.88. The van der Waals surface area contributed by atoms with Crippen LogP contribution in [0.1, 0.15) is 6.42 Å². The van der Waals surface area contributed by atoms with Crippen LogP contribution in [-0.2, 0) is 9.53 Å². The molecule has 1 heterocycles. The highest BCUT2D eigenvalue weighted by molar-refractivity contribution is 5.71. The lowest BCUT2D eigenvalue weighted by atomic mass is 10.1. The van der Waals surface area contributed by atoms with E-state index in [4.69, 9.17) is 9.84 Å². The van der Waals surface area contributed by atoms with Gasteiger partial charge in [0.1, 0.15) is 0 Å². The van der Waals surface area contributed by atoms with Crippen molar-refractivity contribution in [3.8, 4) is 0 Å². The van der Waals surface area contributed by atoms with Crippen LogP contribution in [0.5, 0.6) is 0 Å². The normalized spacial score (nSPS) is 24.1. The van der Waals surface area contributed by atoms with E-state index in [-0.39, 0.29) is 6.04 Å². The molecule has 1 aliphatic heterocycles. The van der Waals surface area contributed by atoms with Gasteiger partial charge in [0.25, 0.3) is 0 Å². The number of nitrogens with one attached hydrogen (secondary N) is 1. The topological polar surface area (TPSA) is 58.6 Å². The molecule has 1 fully saturated rings. The second-order valence-corrected chi connectivity index (χ2v) is 3.40. The van der Waals surface area contributed by atoms with E-state index >= 15 is 0 Å². The lowest BCUT2D eigenvalue weighted by Gasteiger charge is -2.18. The van der Waals surface area contributed by atoms with Crippen LogP contribution in [0.25, 0.3) is 0 Å². The van der Waals surface area contributed by atoms with Crippen LogP contribution >= 0.6 is 0 Å². The Morgan fingerprint density at radius 2 is 2.27 bits per heavy atom. The van der Waals surface area contributed by atoms with Crippen LogP contribution in [0.3, 0.4) is 0 Å². The highest BCUT2D eigenvalue weighted by Gasteiger charge is 2.45. The molecule has 0 aromatic carbocycles. The average molecular weight is 227 g/mol. The predicted molar refractivity (Wildman–Crippen MR) is 44.4 cm³/mol. The van der Waals surface area contributed by atoms with Crippen molar-refractivity contribution in [3.05, 3.63) is 0 Å². The summed E-state index contributed by atoms with van der Waals surface area (Å²) in [4.78, 5) is 10.4. The van der Waals surface area contributed by atoms with Crippen molar-refractivity contribution >= 4 is 5.97 Å². The van der Waals surface area contributed by atoms with Crippen molar-refractivity contribution < 1.29 is 27.8 Å². The zero-order valence-corrected chi connectivity index (χ0v) is 7.88. The first-order valence-corrected chi connectivity index (χ1v) is 4.52. The minimum absolute atomic E-state index is 0.172. The van der Waals surface area contributed by atoms with E-state index in [1.54, 1.807) is 0 Å². The quantitative estimate of drug-likeness (QED) is 0.739. The summed E-state index contributed by atoms with van der Waals surface area (Å²) in [5.41, 5.74) is 0. The van der Waals surface area contributed by atoms with Gasteiger partial charge < -0.3 is 15.2 Å². The Hall–Kier alpha value is -0.820. The average Bonchev–Trinajstić information content (AvgIpc) is 2.53. The molecule has 4 nitrogen and oxygen atoms in total. The third kappa shape index (κ3) is 3.67. The molecule has 0 aromatic heterocycles. The van der Waals surface area contributed by atoms with Crippen molar-refractivity contribution in [1.29, 1.82) is 0 Å². The minimum Gasteiger partial charge on any atom is -0.481 e. The lowest BCUT2D eigenvalue weighted by Crippen LogP contribution is -2.42. The number of hydrogen-bond donors (Lipinski definition) is 2. The highest BCUT2D eigenvalue weighted by atomic mass is 19.4. The van der Waals surface area contributed by atoms with E-state index < -0.39 is 24.6 Å². The van der Waals surface area contributed by atoms with Gasteiger partial charge in [0.15, 0.2) is 5.92 Å². The standard InChI is InChI=1S/C8H12F3NO3/c9-8(10,11)6(7(13)14)3-12-5-1-2-15-4-5/h5-6,12H,1-4H2,(H,13,14). The molecule has 0 radical (unpaired) electrons. The molecule has 7 heteroatoms. The van der Waals surface area contributed by atoms with Gasteiger partial charge in [-0.1, -0.05) is 0 Å². The van der Waals surface area contributed by atoms with E-state index in [1.165, 1.54) is 0 Å². The number of halogens is 3. The lowest BCUT2D eigenvalue weighted by molar-refractivity contribution is -0.192. The number of carboxylic acids is 1. The number of alkyl halides is 3. The fourth-order valence-corrected chi connectivity index (χ4v) is 1.32. The molecule has 1 saturated heterocycles. The first-order valence-electron chi connectivity index (χ1n) is 4.52. The summed E-state index contributed by atoms with van der Waals surface area (Å²) in [6.07, 6.45) is -4.09. The molecule has 0 aromatic rings. The van der Waals surface area contributed by atoms with Gasteiger partial charge in [-0.15, -0.1) is 0 Å². The van der Waals surface area contributed by atoms with Crippen molar-refractivity contribution in [3.63, 3.8) is 0 Å². The van der Waals surface area contributed by atoms with Gasteiger partial charge >= 0.3 is 12.1 Å². The Kier molecular flexibility index (Phi) is 3.92. The van der Waals surface area contributed by atoms with E-state index in [2.05, 4.69) is 5.32 Å². The first kappa shape index (κ1) is 12.3. The summed E-state index contributed by atoms with van der Waals surface area (Å²) < 4.78 is 41.5. The van der Waals surface area contributed by atoms with Crippen LogP contribution < -0.4 is 5.32 Å². The maximum absolute atomic E-state index is 12.2. The number of ether oxygens (including phenoxy) is 1. The van der Waals surface area contributed by atoms with E-state index in [0.29, 0.717) is 19.6 Å². The Morgan fingerprint density at radius 1 is 1.60 bits per heavy atom. The van der Waals surface area contributed by atoms with E-state index in [0.717, 1.165) is 0 Å². The summed E-state index contributed by atoms with van der Waals surface area (Å²) in [6, 6.07) is -0.172. The summed E-state index contributed by atoms with van der Waals surface area (Å²) in [5.74, 6) is -4.20. The molecule has 1 aliphatic rings. The number of hydrogen-bond acceptors (Lipinski definition) is 3. The van der Waals surface area contributed by atoms with Crippen LogP contribution in [0.4, 0.5) is 13.2 Å². The van der Waals surface area contributed by atoms with Gasteiger partial charge in [0.05, 0.1) is 6.61 Å². The molecule has 2 atom stereocenters. The Labute approximate surface area is 84.4 Å². The summed E-state index contributed by atoms with van der Waals surface area (Å²) in [5, 5.41) is 10.9. The Balaban J connectivity index is 2.41. The largest absolute Gasteiger partial charge is 0.481 e. The maximum Gasteiger partial charge on any atom is 0.403 e. The van der Waals surface area contributed by atoms with Crippen molar-refractivity contribution in [2.24, 2.45) is 5.92 Å². The molecule has 0 bridgehead atoms. The van der Waals surface area contributed by atoms with Gasteiger partial charge in [-0.3, -0.25) is 4.79 Å². The summed E-state index contributed by atoms with van der Waals surface area (Å²) in [6.45, 7) is 0.235. The number of aliphatic carboxylic acids is 1. The summed E-state index contributed by atoms with van der Waals surface area (Å²) >= 11 is 0. The SMILES string of the molecule is O=C(O)C(CNC1CCOC1)C(F)(F)F. The van der Waals surface area contributed by atoms with Crippen LogP contribution in [-0.4, -0.2) is 43.1 Å². The van der Waals surface area contributed by atoms with Crippen molar-refractivity contribution in [1.82, 2.24) is 5.32 Å². The molecular formula is C8H12F3NO3. The zero-order chi connectivity index (χ0) is 11.5. The molecule has 88 valence electrons. The van der Waals surface area contributed by atoms with Crippen LogP contribution in [0, 0.1) is 5.92 Å². The molecule has 0 aliphatic carbocycles. The third-order valence-electron chi connectivity index (χ3n) is 2.23. The van der Waals surface area contributed by atoms with Crippen LogP contribution in [0.15, 0.2) is 0 Å². The molecular weight excluding hydrogens is 215 g/mol. The smallest absolute Gasteiger partial charge is 0.403 e. The molecule has 15 heavy (non-hydrogen) atoms. The molecule has 0 amide bonds. The van der Waals surface area contributed by atoms with Crippen LogP contribution in [0.2, 0.25) is 0 Å². The number of rotatable bonds is 4. The fourth-order valence-electron chi connectivity index (χ4n) is 1.32. The van der Waals surface area contributed by atoms with Crippen molar-refractivity contribution in [2.45, 2.75) is 18.6 Å². The second-order valence-electron chi connectivity index (χ2n) is 3.40. The Morgan fingerprint density at radius 3 is 2.67 bits per heavy atom. The first-order chi connectivity index (χ1) is 6.91. The second kappa shape index (κ2) is 4.80. The van der Waals surface area contributed by atoms with Gasteiger partial charge in [0, 0.05) is 19.2 Å². The maximum atomic E-state index is 12.2. The molecule has 0 spiro atoms. The molecule has 2 unspecified atom stereocenters. The number of carbonyl (C=O) groups is 1. The van der Waals surface area contributed by atoms with Gasteiger partial charge in [0.2, 0.25) is 0 Å². The van der Waals surface area contributed by atoms with Gasteiger partial charge in [-0.25, -0.2) is 0 Å². The predicted octanol–water partition coefficient (Wildman–Crippen LogP) is 0.628. The molecule has 2 N–H and O–H groups in total. The van der Waals surface area contributed by atoms with E-state index in [9.17, 15) is 18.0 Å². The third-order valence-corrected chi connectivity index (χ3v) is 2.23. The summed E-state index contributed by atoms with van der Waals surface area (Å²) in [7, 11) is 0. The Bertz CT molecular complexity index is 226. The van der Waals surface area contributed by atoms with Gasteiger partial charge in [-0.2, -0.15) is 13.2 Å². The fraction of sp³-hybridized carbons (Fsp3) is 0.875. The van der Waals surface area contributed by atoms with E-state index in [1.807, 2.05) is 0 Å². The van der Waals surface area contributed by atoms with Gasteiger partial charge in [-0.05, 0) is 6.42 Å². The minimum atomic E-state index is -4.71.